The van der Waals surface area contributed by atoms with Gasteiger partial charge in [-0.1, -0.05) is 29.8 Å². The highest BCUT2D eigenvalue weighted by atomic mass is 32.1. The third kappa shape index (κ3) is 5.71. The van der Waals surface area contributed by atoms with Gasteiger partial charge in [0.2, 0.25) is 5.91 Å². The molecule has 0 atom stereocenters. The molecule has 23 heavy (non-hydrogen) atoms. The maximum atomic E-state index is 11.8. The van der Waals surface area contributed by atoms with Crippen LogP contribution < -0.4 is 16.4 Å². The third-order valence-electron chi connectivity index (χ3n) is 3.23. The number of benzene rings is 1. The average molecular weight is 332 g/mol. The molecule has 0 saturated carbocycles. The third-order valence-corrected chi connectivity index (χ3v) is 3.99. The van der Waals surface area contributed by atoms with E-state index in [0.29, 0.717) is 30.9 Å². The second-order valence-electron chi connectivity index (χ2n) is 5.20. The molecule has 0 unspecified atom stereocenters. The van der Waals surface area contributed by atoms with E-state index in [2.05, 4.69) is 15.6 Å². The highest BCUT2D eigenvalue weighted by Crippen LogP contribution is 2.25. The van der Waals surface area contributed by atoms with Gasteiger partial charge in [-0.05, 0) is 19.8 Å². The van der Waals surface area contributed by atoms with Crippen LogP contribution in [0.1, 0.15) is 24.8 Å². The fourth-order valence-corrected chi connectivity index (χ4v) is 2.73. The van der Waals surface area contributed by atoms with Crippen molar-refractivity contribution in [2.75, 3.05) is 11.9 Å². The Morgan fingerprint density at radius 1 is 1.22 bits per heavy atom. The number of aryl methyl sites for hydroxylation is 1. The van der Waals surface area contributed by atoms with Gasteiger partial charge in [0, 0.05) is 23.9 Å². The quantitative estimate of drug-likeness (QED) is 0.680. The predicted octanol–water partition coefficient (Wildman–Crippen LogP) is 2.90. The van der Waals surface area contributed by atoms with Crippen LogP contribution >= 0.6 is 11.3 Å². The highest BCUT2D eigenvalue weighted by Gasteiger charge is 2.08. The fourth-order valence-electron chi connectivity index (χ4n) is 1.99. The van der Waals surface area contributed by atoms with Gasteiger partial charge < -0.3 is 16.4 Å². The average Bonchev–Trinajstić information content (AvgIpc) is 2.95. The zero-order valence-corrected chi connectivity index (χ0v) is 13.8. The second kappa shape index (κ2) is 8.28. The molecule has 3 amide bonds. The molecule has 0 fully saturated rings. The normalized spacial score (nSPS) is 10.3. The molecule has 0 aliphatic carbocycles. The number of thiazole rings is 1. The summed E-state index contributed by atoms with van der Waals surface area (Å²) < 4.78 is 0. The summed E-state index contributed by atoms with van der Waals surface area (Å²) in [5.74, 6) is -0.0751. The van der Waals surface area contributed by atoms with Crippen LogP contribution in [-0.4, -0.2) is 23.5 Å². The number of unbranched alkanes of at least 4 members (excludes halogenated alkanes) is 1. The number of carbonyl (C=O) groups excluding carboxylic acids is 2. The van der Waals surface area contributed by atoms with E-state index in [4.69, 9.17) is 5.73 Å². The van der Waals surface area contributed by atoms with E-state index < -0.39 is 6.03 Å². The topological polar surface area (TPSA) is 97.1 Å². The summed E-state index contributed by atoms with van der Waals surface area (Å²) in [4.78, 5) is 26.8. The van der Waals surface area contributed by atoms with Gasteiger partial charge in [-0.2, -0.15) is 0 Å². The maximum Gasteiger partial charge on any atom is 0.312 e. The zero-order chi connectivity index (χ0) is 16.7. The first kappa shape index (κ1) is 17.0. The fraction of sp³-hybridized carbons (Fsp3) is 0.312. The Labute approximate surface area is 139 Å². The molecule has 0 spiro atoms. The minimum absolute atomic E-state index is 0.0751. The summed E-state index contributed by atoms with van der Waals surface area (Å²) in [6, 6.07) is 7.56. The lowest BCUT2D eigenvalue weighted by atomic mass is 10.1. The largest absolute Gasteiger partial charge is 0.352 e. The molecule has 1 aromatic heterocycles. The number of amides is 3. The monoisotopic (exact) mass is 332 g/mol. The number of hydrogen-bond acceptors (Lipinski definition) is 4. The molecule has 0 saturated heterocycles. The molecule has 2 aromatic rings. The van der Waals surface area contributed by atoms with Crippen molar-refractivity contribution in [2.24, 2.45) is 5.73 Å². The molecule has 0 bridgehead atoms. The number of urea groups is 1. The van der Waals surface area contributed by atoms with Gasteiger partial charge >= 0.3 is 6.03 Å². The van der Waals surface area contributed by atoms with E-state index in [1.165, 1.54) is 16.9 Å². The molecule has 1 aromatic carbocycles. The molecule has 0 aliphatic rings. The summed E-state index contributed by atoms with van der Waals surface area (Å²) in [5.41, 5.74) is 8.05. The summed E-state index contributed by atoms with van der Waals surface area (Å²) in [6.07, 6.45) is 1.78. The lowest BCUT2D eigenvalue weighted by Crippen LogP contribution is -2.30. The van der Waals surface area contributed by atoms with E-state index in [0.717, 1.165) is 11.3 Å². The van der Waals surface area contributed by atoms with Crippen molar-refractivity contribution in [1.29, 1.82) is 0 Å². The number of primary amides is 1. The summed E-state index contributed by atoms with van der Waals surface area (Å²) in [5, 5.41) is 7.82. The van der Waals surface area contributed by atoms with Crippen LogP contribution in [0.15, 0.2) is 29.6 Å². The predicted molar refractivity (Wildman–Crippen MR) is 92.4 cm³/mol. The molecule has 1 heterocycles. The summed E-state index contributed by atoms with van der Waals surface area (Å²) >= 11 is 1.41. The molecule has 0 radical (unpaired) electrons. The lowest BCUT2D eigenvalue weighted by molar-refractivity contribution is -0.116. The Morgan fingerprint density at radius 3 is 2.65 bits per heavy atom. The number of aromatic nitrogens is 1. The first-order chi connectivity index (χ1) is 11.0. The van der Waals surface area contributed by atoms with Crippen LogP contribution in [0.2, 0.25) is 0 Å². The minimum atomic E-state index is -0.541. The Morgan fingerprint density at radius 2 is 1.96 bits per heavy atom. The standard InChI is InChI=1S/C16H20N4O2S/c1-11-5-7-12(8-6-11)13-10-23-16(19-13)20-14(21)4-2-3-9-18-15(17)22/h5-8,10H,2-4,9H2,1H3,(H3,17,18,22)(H,19,20,21). The van der Waals surface area contributed by atoms with Crippen LogP contribution in [0.5, 0.6) is 0 Å². The number of carbonyl (C=O) groups is 2. The van der Waals surface area contributed by atoms with Crippen LogP contribution in [-0.2, 0) is 4.79 Å². The first-order valence-corrected chi connectivity index (χ1v) is 8.28. The van der Waals surface area contributed by atoms with Gasteiger partial charge in [-0.25, -0.2) is 9.78 Å². The molecule has 0 aliphatic heterocycles. The Hall–Kier alpha value is -2.41. The van der Waals surface area contributed by atoms with Crippen LogP contribution in [0, 0.1) is 6.92 Å². The van der Waals surface area contributed by atoms with E-state index in [1.54, 1.807) is 0 Å². The van der Waals surface area contributed by atoms with Gasteiger partial charge in [0.1, 0.15) is 0 Å². The SMILES string of the molecule is Cc1ccc(-c2csc(NC(=O)CCCCNC(N)=O)n2)cc1. The maximum absolute atomic E-state index is 11.8. The Kier molecular flexibility index (Phi) is 6.10. The second-order valence-corrected chi connectivity index (χ2v) is 6.06. The minimum Gasteiger partial charge on any atom is -0.352 e. The molecule has 4 N–H and O–H groups in total. The Balaban J connectivity index is 1.78. The van der Waals surface area contributed by atoms with E-state index in [-0.39, 0.29) is 5.91 Å². The molecule has 6 nitrogen and oxygen atoms in total. The van der Waals surface area contributed by atoms with Crippen molar-refractivity contribution in [3.05, 3.63) is 35.2 Å². The van der Waals surface area contributed by atoms with Gasteiger partial charge in [-0.15, -0.1) is 11.3 Å². The number of hydrogen-bond donors (Lipinski definition) is 3. The van der Waals surface area contributed by atoms with Crippen molar-refractivity contribution in [3.63, 3.8) is 0 Å². The smallest absolute Gasteiger partial charge is 0.312 e. The lowest BCUT2D eigenvalue weighted by Gasteiger charge is -2.02. The van der Waals surface area contributed by atoms with Crippen molar-refractivity contribution >= 4 is 28.4 Å². The zero-order valence-electron chi connectivity index (χ0n) is 13.0. The number of anilines is 1. The van der Waals surface area contributed by atoms with Crippen LogP contribution in [0.3, 0.4) is 0 Å². The molecular formula is C16H20N4O2S. The van der Waals surface area contributed by atoms with Crippen LogP contribution in [0.25, 0.3) is 11.3 Å². The van der Waals surface area contributed by atoms with Crippen molar-refractivity contribution in [2.45, 2.75) is 26.2 Å². The first-order valence-electron chi connectivity index (χ1n) is 7.40. The van der Waals surface area contributed by atoms with Crippen molar-refractivity contribution < 1.29 is 9.59 Å². The number of rotatable bonds is 7. The van der Waals surface area contributed by atoms with E-state index in [9.17, 15) is 9.59 Å². The number of nitrogens with two attached hydrogens (primary N) is 1. The van der Waals surface area contributed by atoms with Crippen molar-refractivity contribution in [1.82, 2.24) is 10.3 Å². The van der Waals surface area contributed by atoms with E-state index in [1.807, 2.05) is 36.6 Å². The highest BCUT2D eigenvalue weighted by molar-refractivity contribution is 7.14. The van der Waals surface area contributed by atoms with Gasteiger partial charge in [-0.3, -0.25) is 4.79 Å². The van der Waals surface area contributed by atoms with E-state index >= 15 is 0 Å². The molecule has 122 valence electrons. The van der Waals surface area contributed by atoms with Crippen molar-refractivity contribution in [3.8, 4) is 11.3 Å². The van der Waals surface area contributed by atoms with Crippen LogP contribution in [0.4, 0.5) is 9.93 Å². The summed E-state index contributed by atoms with van der Waals surface area (Å²) in [7, 11) is 0. The van der Waals surface area contributed by atoms with Gasteiger partial charge in [0.15, 0.2) is 5.13 Å². The molecular weight excluding hydrogens is 312 g/mol. The number of nitrogens with one attached hydrogen (secondary N) is 2. The number of nitrogens with zero attached hydrogens (tertiary/aromatic N) is 1. The Bertz CT molecular complexity index is 667. The van der Waals surface area contributed by atoms with Gasteiger partial charge in [0.05, 0.1) is 5.69 Å². The molecule has 2 rings (SSSR count). The van der Waals surface area contributed by atoms with Gasteiger partial charge in [0.25, 0.3) is 0 Å². The molecule has 7 heteroatoms. The summed E-state index contributed by atoms with van der Waals surface area (Å²) in [6.45, 7) is 2.52.